The summed E-state index contributed by atoms with van der Waals surface area (Å²) in [6, 6.07) is 2.09. The molecule has 0 radical (unpaired) electrons. The fraction of sp³-hybridized carbons (Fsp3) is 0.643. The number of thiazole rings is 1. The number of carbonyl (C=O) groups excluding carboxylic acids is 1. The third kappa shape index (κ3) is 4.74. The summed E-state index contributed by atoms with van der Waals surface area (Å²) in [6.45, 7) is 1.08. The maximum absolute atomic E-state index is 12.2. The van der Waals surface area contributed by atoms with Crippen LogP contribution in [-0.2, 0) is 9.53 Å². The molecule has 0 aliphatic carbocycles. The van der Waals surface area contributed by atoms with E-state index >= 15 is 0 Å². The summed E-state index contributed by atoms with van der Waals surface area (Å²) in [5.41, 5.74) is 0. The van der Waals surface area contributed by atoms with Crippen LogP contribution in [0.15, 0.2) is 11.6 Å². The molecular formula is C14H20N4O3S. The van der Waals surface area contributed by atoms with E-state index in [2.05, 4.69) is 16.4 Å². The van der Waals surface area contributed by atoms with Gasteiger partial charge in [-0.1, -0.05) is 0 Å². The van der Waals surface area contributed by atoms with E-state index in [1.807, 2.05) is 11.9 Å². The minimum absolute atomic E-state index is 0.0865. The van der Waals surface area contributed by atoms with Crippen molar-refractivity contribution in [1.29, 1.82) is 5.26 Å². The first-order chi connectivity index (χ1) is 10.6. The van der Waals surface area contributed by atoms with E-state index in [0.717, 1.165) is 13.0 Å². The normalized spacial score (nSPS) is 24.9. The molecule has 2 rings (SSSR count). The van der Waals surface area contributed by atoms with Crippen LogP contribution in [0.4, 0.5) is 5.13 Å². The van der Waals surface area contributed by atoms with Gasteiger partial charge in [0, 0.05) is 18.1 Å². The molecule has 2 heterocycles. The van der Waals surface area contributed by atoms with Crippen LogP contribution in [0.25, 0.3) is 0 Å². The molecule has 2 N–H and O–H groups in total. The number of rotatable bonds is 6. The molecule has 1 saturated heterocycles. The summed E-state index contributed by atoms with van der Waals surface area (Å²) in [7, 11) is 1.87. The average Bonchev–Trinajstić information content (AvgIpc) is 2.99. The lowest BCUT2D eigenvalue weighted by atomic mass is 9.98. The highest BCUT2D eigenvalue weighted by molar-refractivity contribution is 7.13. The Balaban J connectivity index is 1.85. The second-order valence-corrected chi connectivity index (χ2v) is 6.23. The average molecular weight is 324 g/mol. The molecule has 0 aromatic carbocycles. The Kier molecular flexibility index (Phi) is 6.27. The largest absolute Gasteiger partial charge is 0.390 e. The summed E-state index contributed by atoms with van der Waals surface area (Å²) < 4.78 is 5.74. The van der Waals surface area contributed by atoms with Crippen LogP contribution in [0, 0.1) is 11.3 Å². The predicted molar refractivity (Wildman–Crippen MR) is 82.4 cm³/mol. The topological polar surface area (TPSA) is 98.5 Å². The van der Waals surface area contributed by atoms with Gasteiger partial charge in [-0.2, -0.15) is 5.26 Å². The quantitative estimate of drug-likeness (QED) is 0.752. The number of anilines is 1. The molecule has 1 aromatic heterocycles. The number of aliphatic hydroxyl groups is 1. The summed E-state index contributed by atoms with van der Waals surface area (Å²) in [6.07, 6.45) is 1.82. The number of nitriles is 1. The molecule has 3 atom stereocenters. The summed E-state index contributed by atoms with van der Waals surface area (Å²) >= 11 is 1.32. The monoisotopic (exact) mass is 324 g/mol. The van der Waals surface area contributed by atoms with E-state index in [1.165, 1.54) is 11.3 Å². The van der Waals surface area contributed by atoms with Gasteiger partial charge >= 0.3 is 0 Å². The van der Waals surface area contributed by atoms with E-state index in [-0.39, 0.29) is 12.0 Å². The minimum Gasteiger partial charge on any atom is -0.390 e. The molecule has 8 heteroatoms. The summed E-state index contributed by atoms with van der Waals surface area (Å²) in [5.74, 6) is -0.363. The third-order valence-electron chi connectivity index (χ3n) is 3.57. The molecule has 0 unspecified atom stereocenters. The van der Waals surface area contributed by atoms with Gasteiger partial charge in [0.15, 0.2) is 11.2 Å². The Bertz CT molecular complexity index is 517. The highest BCUT2D eigenvalue weighted by Gasteiger charge is 2.35. The second-order valence-electron chi connectivity index (χ2n) is 5.33. The highest BCUT2D eigenvalue weighted by atomic mass is 32.1. The van der Waals surface area contributed by atoms with E-state index in [4.69, 9.17) is 10.00 Å². The minimum atomic E-state index is -0.871. The van der Waals surface area contributed by atoms with Crippen LogP contribution in [0.5, 0.6) is 0 Å². The standard InChI is InChI=1S/C14H20N4O3S/c1-18(8-5-15)7-4-10-2-3-11(19)12(21-10)13(20)17-14-16-6-9-22-14/h6,9-12,19H,2-4,7-8H2,1H3,(H,16,17,20)/t10-,11-,12-/m0/s1. The number of amides is 1. The number of aliphatic hydroxyl groups excluding tert-OH is 1. The zero-order valence-electron chi connectivity index (χ0n) is 12.4. The number of hydrogen-bond donors (Lipinski definition) is 2. The van der Waals surface area contributed by atoms with Crippen LogP contribution >= 0.6 is 11.3 Å². The van der Waals surface area contributed by atoms with Crippen LogP contribution in [0.3, 0.4) is 0 Å². The lowest BCUT2D eigenvalue weighted by molar-refractivity contribution is -0.153. The van der Waals surface area contributed by atoms with Crippen molar-refractivity contribution in [3.63, 3.8) is 0 Å². The van der Waals surface area contributed by atoms with Gasteiger partial charge in [-0.3, -0.25) is 15.0 Å². The fourth-order valence-electron chi connectivity index (χ4n) is 2.35. The first kappa shape index (κ1) is 16.8. The molecule has 1 aromatic rings. The van der Waals surface area contributed by atoms with Crippen molar-refractivity contribution in [3.8, 4) is 6.07 Å². The molecule has 1 amide bonds. The summed E-state index contributed by atoms with van der Waals surface area (Å²) in [4.78, 5) is 18.1. The number of aromatic nitrogens is 1. The Morgan fingerprint density at radius 1 is 1.68 bits per heavy atom. The Labute approximate surface area is 133 Å². The third-order valence-corrected chi connectivity index (χ3v) is 4.26. The van der Waals surface area contributed by atoms with Crippen molar-refractivity contribution in [2.75, 3.05) is 25.5 Å². The molecule has 1 fully saturated rings. The maximum Gasteiger partial charge on any atom is 0.258 e. The van der Waals surface area contributed by atoms with Crippen LogP contribution in [0.1, 0.15) is 19.3 Å². The molecule has 0 spiro atoms. The van der Waals surface area contributed by atoms with Gasteiger partial charge < -0.3 is 9.84 Å². The van der Waals surface area contributed by atoms with Crippen molar-refractivity contribution < 1.29 is 14.6 Å². The number of nitrogens with one attached hydrogen (secondary N) is 1. The number of hydrogen-bond acceptors (Lipinski definition) is 7. The molecule has 1 aliphatic rings. The smallest absolute Gasteiger partial charge is 0.258 e. The lowest BCUT2D eigenvalue weighted by Gasteiger charge is -2.33. The van der Waals surface area contributed by atoms with Gasteiger partial charge in [-0.25, -0.2) is 4.98 Å². The zero-order chi connectivity index (χ0) is 15.9. The summed E-state index contributed by atoms with van der Waals surface area (Å²) in [5, 5.41) is 23.5. The molecule has 0 saturated carbocycles. The van der Waals surface area contributed by atoms with Crippen molar-refractivity contribution >= 4 is 22.4 Å². The van der Waals surface area contributed by atoms with E-state index in [1.54, 1.807) is 11.6 Å². The van der Waals surface area contributed by atoms with Gasteiger partial charge in [0.2, 0.25) is 0 Å². The Morgan fingerprint density at radius 3 is 3.18 bits per heavy atom. The molecule has 0 bridgehead atoms. The number of ether oxygens (including phenoxy) is 1. The van der Waals surface area contributed by atoms with Crippen molar-refractivity contribution in [3.05, 3.63) is 11.6 Å². The number of carbonyl (C=O) groups is 1. The Hall–Kier alpha value is -1.53. The first-order valence-electron chi connectivity index (χ1n) is 7.19. The van der Waals surface area contributed by atoms with Gasteiger partial charge in [0.1, 0.15) is 0 Å². The molecule has 120 valence electrons. The number of nitrogens with zero attached hydrogens (tertiary/aromatic N) is 3. The predicted octanol–water partition coefficient (Wildman–Crippen LogP) is 0.836. The van der Waals surface area contributed by atoms with Crippen LogP contribution < -0.4 is 5.32 Å². The van der Waals surface area contributed by atoms with Crippen LogP contribution in [0.2, 0.25) is 0 Å². The molecular weight excluding hydrogens is 304 g/mol. The van der Waals surface area contributed by atoms with Gasteiger partial charge in [0.25, 0.3) is 5.91 Å². The first-order valence-corrected chi connectivity index (χ1v) is 8.07. The van der Waals surface area contributed by atoms with Crippen molar-refractivity contribution in [1.82, 2.24) is 9.88 Å². The van der Waals surface area contributed by atoms with Crippen molar-refractivity contribution in [2.45, 2.75) is 37.6 Å². The van der Waals surface area contributed by atoms with Gasteiger partial charge in [-0.15, -0.1) is 11.3 Å². The van der Waals surface area contributed by atoms with E-state index in [0.29, 0.717) is 24.5 Å². The van der Waals surface area contributed by atoms with E-state index < -0.39 is 12.2 Å². The van der Waals surface area contributed by atoms with Gasteiger partial charge in [0.05, 0.1) is 24.8 Å². The second kappa shape index (κ2) is 8.19. The maximum atomic E-state index is 12.2. The Morgan fingerprint density at radius 2 is 2.50 bits per heavy atom. The molecule has 7 nitrogen and oxygen atoms in total. The SMILES string of the molecule is CN(CC#N)CC[C@@H]1CC[C@H](O)[C@@H](C(=O)Nc2nccs2)O1. The lowest BCUT2D eigenvalue weighted by Crippen LogP contribution is -2.47. The zero-order valence-corrected chi connectivity index (χ0v) is 13.3. The highest BCUT2D eigenvalue weighted by Crippen LogP contribution is 2.23. The van der Waals surface area contributed by atoms with Crippen molar-refractivity contribution in [2.24, 2.45) is 0 Å². The fourth-order valence-corrected chi connectivity index (χ4v) is 2.88. The molecule has 1 aliphatic heterocycles. The van der Waals surface area contributed by atoms with Crippen LogP contribution in [-0.4, -0.2) is 59.3 Å². The van der Waals surface area contributed by atoms with E-state index in [9.17, 15) is 9.90 Å². The molecule has 22 heavy (non-hydrogen) atoms. The van der Waals surface area contributed by atoms with Gasteiger partial charge in [-0.05, 0) is 26.3 Å².